The lowest BCUT2D eigenvalue weighted by Crippen LogP contribution is -2.45. The highest BCUT2D eigenvalue weighted by Crippen LogP contribution is 2.23. The number of rotatable bonds is 6. The largest absolute Gasteiger partial charge is 0.369 e. The maximum Gasteiger partial charge on any atom is 0.191 e. The van der Waals surface area contributed by atoms with Crippen LogP contribution in [0.15, 0.2) is 29.3 Å². The molecule has 2 fully saturated rings. The van der Waals surface area contributed by atoms with Gasteiger partial charge in [0.1, 0.15) is 0 Å². The molecule has 5 nitrogen and oxygen atoms in total. The number of nitrogens with zero attached hydrogens (tertiary/aromatic N) is 3. The molecule has 1 aromatic rings. The van der Waals surface area contributed by atoms with Crippen LogP contribution in [-0.2, 0) is 0 Å². The highest BCUT2D eigenvalue weighted by atomic mass is 127. The van der Waals surface area contributed by atoms with Crippen molar-refractivity contribution in [2.45, 2.75) is 38.6 Å². The Bertz CT molecular complexity index is 619. The number of piperidine rings is 1. The van der Waals surface area contributed by atoms with Crippen molar-refractivity contribution in [3.8, 4) is 0 Å². The summed E-state index contributed by atoms with van der Waals surface area (Å²) in [7, 11) is 1.86. The molecular formula is C21H35ClIN5. The Balaban J connectivity index is 0.00000280. The van der Waals surface area contributed by atoms with E-state index in [4.69, 9.17) is 11.6 Å². The highest BCUT2D eigenvalue weighted by molar-refractivity contribution is 14.0. The van der Waals surface area contributed by atoms with Crippen LogP contribution in [0.2, 0.25) is 5.02 Å². The van der Waals surface area contributed by atoms with E-state index in [1.807, 2.05) is 25.2 Å². The van der Waals surface area contributed by atoms with Crippen molar-refractivity contribution in [3.63, 3.8) is 0 Å². The number of likely N-dealkylation sites (tertiary alicyclic amines) is 1. The van der Waals surface area contributed by atoms with Crippen molar-refractivity contribution in [3.05, 3.63) is 29.3 Å². The maximum atomic E-state index is 6.13. The molecule has 3 rings (SSSR count). The van der Waals surface area contributed by atoms with E-state index in [0.29, 0.717) is 6.04 Å². The molecule has 0 aromatic heterocycles. The Kier molecular flexibility index (Phi) is 10.2. The van der Waals surface area contributed by atoms with Crippen LogP contribution in [0.3, 0.4) is 0 Å². The first-order chi connectivity index (χ1) is 13.2. The van der Waals surface area contributed by atoms with Gasteiger partial charge in [-0.1, -0.05) is 24.6 Å². The van der Waals surface area contributed by atoms with E-state index in [2.05, 4.69) is 38.4 Å². The van der Waals surface area contributed by atoms with E-state index < -0.39 is 0 Å². The molecular weight excluding hydrogens is 485 g/mol. The molecule has 0 bridgehead atoms. The van der Waals surface area contributed by atoms with E-state index in [-0.39, 0.29) is 24.0 Å². The maximum absolute atomic E-state index is 6.13. The lowest BCUT2D eigenvalue weighted by atomic mass is 9.93. The predicted molar refractivity (Wildman–Crippen MR) is 131 cm³/mol. The Morgan fingerprint density at radius 2 is 2.00 bits per heavy atom. The summed E-state index contributed by atoms with van der Waals surface area (Å²) >= 11 is 6.13. The molecule has 1 unspecified atom stereocenters. The van der Waals surface area contributed by atoms with Gasteiger partial charge in [0.05, 0.1) is 0 Å². The highest BCUT2D eigenvalue weighted by Gasteiger charge is 2.24. The van der Waals surface area contributed by atoms with Crippen LogP contribution < -0.4 is 15.5 Å². The van der Waals surface area contributed by atoms with Gasteiger partial charge in [0.15, 0.2) is 5.96 Å². The Morgan fingerprint density at radius 3 is 2.68 bits per heavy atom. The zero-order valence-corrected chi connectivity index (χ0v) is 20.2. The molecule has 0 spiro atoms. The lowest BCUT2D eigenvalue weighted by Gasteiger charge is -2.31. The summed E-state index contributed by atoms with van der Waals surface area (Å²) in [6.07, 6.45) is 5.01. The van der Waals surface area contributed by atoms with Crippen molar-refractivity contribution < 1.29 is 0 Å². The number of hydrogen-bond acceptors (Lipinski definition) is 3. The molecule has 2 heterocycles. The van der Waals surface area contributed by atoms with E-state index in [1.165, 1.54) is 44.6 Å². The summed E-state index contributed by atoms with van der Waals surface area (Å²) < 4.78 is 0. The number of halogens is 2. The fourth-order valence-corrected chi connectivity index (χ4v) is 4.34. The SMILES string of the molecule is CCN1CCC(CCNC(=NC)NC2CCN(c3cccc(Cl)c3)C2)CC1.I. The van der Waals surface area contributed by atoms with E-state index in [0.717, 1.165) is 43.0 Å². The monoisotopic (exact) mass is 519 g/mol. The Hall–Kier alpha value is -0.730. The quantitative estimate of drug-likeness (QED) is 0.341. The third-order valence-electron chi connectivity index (χ3n) is 5.93. The van der Waals surface area contributed by atoms with Gasteiger partial charge in [0.2, 0.25) is 0 Å². The summed E-state index contributed by atoms with van der Waals surface area (Å²) in [6.45, 7) is 9.00. The molecule has 7 heteroatoms. The number of nitrogens with one attached hydrogen (secondary N) is 2. The third kappa shape index (κ3) is 6.95. The van der Waals surface area contributed by atoms with Crippen LogP contribution >= 0.6 is 35.6 Å². The molecule has 0 saturated carbocycles. The fraction of sp³-hybridized carbons (Fsp3) is 0.667. The molecule has 28 heavy (non-hydrogen) atoms. The van der Waals surface area contributed by atoms with E-state index >= 15 is 0 Å². The van der Waals surface area contributed by atoms with Gasteiger partial charge in [0, 0.05) is 43.4 Å². The number of anilines is 1. The second-order valence-electron chi connectivity index (χ2n) is 7.72. The first-order valence-corrected chi connectivity index (χ1v) is 10.8. The normalized spacial score (nSPS) is 21.5. The first kappa shape index (κ1) is 23.5. The first-order valence-electron chi connectivity index (χ1n) is 10.4. The molecule has 2 N–H and O–H groups in total. The van der Waals surface area contributed by atoms with Gasteiger partial charge in [-0.25, -0.2) is 0 Å². The summed E-state index contributed by atoms with van der Waals surface area (Å²) in [5.74, 6) is 1.78. The van der Waals surface area contributed by atoms with Gasteiger partial charge in [-0.2, -0.15) is 0 Å². The average Bonchev–Trinajstić information content (AvgIpc) is 3.16. The predicted octanol–water partition coefficient (Wildman–Crippen LogP) is 3.82. The standard InChI is InChI=1S/C21H34ClN5.HI/c1-3-26-12-8-17(9-13-26)7-11-24-21(23-2)25-19-10-14-27(16-19)20-6-4-5-18(22)15-20;/h4-6,15,17,19H,3,7-14,16H2,1-2H3,(H2,23,24,25);1H. The number of hydrogen-bond donors (Lipinski definition) is 2. The van der Waals surface area contributed by atoms with Gasteiger partial charge in [-0.3, -0.25) is 4.99 Å². The average molecular weight is 520 g/mol. The molecule has 0 amide bonds. The molecule has 158 valence electrons. The fourth-order valence-electron chi connectivity index (χ4n) is 4.16. The van der Waals surface area contributed by atoms with Crippen molar-refractivity contribution >= 4 is 47.2 Å². The van der Waals surface area contributed by atoms with Crippen molar-refractivity contribution in [1.29, 1.82) is 0 Å². The minimum absolute atomic E-state index is 0. The van der Waals surface area contributed by atoms with Gasteiger partial charge in [-0.15, -0.1) is 24.0 Å². The summed E-state index contributed by atoms with van der Waals surface area (Å²) in [6, 6.07) is 8.54. The molecule has 0 aliphatic carbocycles. The van der Waals surface area contributed by atoms with E-state index in [1.54, 1.807) is 0 Å². The minimum atomic E-state index is 0. The second kappa shape index (κ2) is 12.1. The van der Waals surface area contributed by atoms with Crippen LogP contribution in [0.1, 0.15) is 32.6 Å². The molecule has 2 aliphatic heterocycles. The Morgan fingerprint density at radius 1 is 1.21 bits per heavy atom. The zero-order valence-electron chi connectivity index (χ0n) is 17.2. The minimum Gasteiger partial charge on any atom is -0.369 e. The van der Waals surface area contributed by atoms with Crippen LogP contribution in [0.25, 0.3) is 0 Å². The van der Waals surface area contributed by atoms with E-state index in [9.17, 15) is 0 Å². The van der Waals surface area contributed by atoms with Crippen LogP contribution in [-0.4, -0.2) is 63.2 Å². The molecule has 1 aromatic carbocycles. The zero-order chi connectivity index (χ0) is 19.1. The van der Waals surface area contributed by atoms with Gasteiger partial charge in [-0.05, 0) is 69.4 Å². The van der Waals surface area contributed by atoms with Gasteiger partial charge < -0.3 is 20.4 Å². The van der Waals surface area contributed by atoms with Gasteiger partial charge in [0.25, 0.3) is 0 Å². The smallest absolute Gasteiger partial charge is 0.191 e. The van der Waals surface area contributed by atoms with Crippen LogP contribution in [0.4, 0.5) is 5.69 Å². The van der Waals surface area contributed by atoms with Crippen molar-refractivity contribution in [1.82, 2.24) is 15.5 Å². The number of guanidine groups is 1. The lowest BCUT2D eigenvalue weighted by molar-refractivity contribution is 0.187. The molecule has 1 atom stereocenters. The molecule has 2 saturated heterocycles. The second-order valence-corrected chi connectivity index (χ2v) is 8.16. The van der Waals surface area contributed by atoms with Crippen molar-refractivity contribution in [2.75, 3.05) is 51.2 Å². The Labute approximate surface area is 192 Å². The van der Waals surface area contributed by atoms with Gasteiger partial charge >= 0.3 is 0 Å². The third-order valence-corrected chi connectivity index (χ3v) is 6.16. The summed E-state index contributed by atoms with van der Waals surface area (Å²) in [4.78, 5) is 9.36. The number of benzene rings is 1. The summed E-state index contributed by atoms with van der Waals surface area (Å²) in [5.41, 5.74) is 1.20. The van der Waals surface area contributed by atoms with Crippen LogP contribution in [0.5, 0.6) is 0 Å². The molecule has 2 aliphatic rings. The number of aliphatic imine (C=N–C) groups is 1. The topological polar surface area (TPSA) is 42.9 Å². The van der Waals surface area contributed by atoms with Crippen molar-refractivity contribution in [2.24, 2.45) is 10.9 Å². The summed E-state index contributed by atoms with van der Waals surface area (Å²) in [5, 5.41) is 7.91. The van der Waals surface area contributed by atoms with Crippen LogP contribution in [0, 0.1) is 5.92 Å². The molecule has 0 radical (unpaired) electrons.